The molecule has 0 saturated carbocycles. The van der Waals surface area contributed by atoms with E-state index in [1.54, 1.807) is 0 Å². The van der Waals surface area contributed by atoms with Crippen LogP contribution in [-0.2, 0) is 33.3 Å². The summed E-state index contributed by atoms with van der Waals surface area (Å²) in [7, 11) is 5.98. The predicted molar refractivity (Wildman–Crippen MR) is 318 cm³/mol. The molecule has 0 aromatic carbocycles. The number of likely N-dealkylation sites (N-methyl/N-ethyl adjacent to an activating group) is 1. The lowest BCUT2D eigenvalue weighted by Crippen LogP contribution is -2.40. The summed E-state index contributed by atoms with van der Waals surface area (Å²) in [5.74, 6) is -2.00. The van der Waals surface area contributed by atoms with Gasteiger partial charge in [-0.2, -0.15) is 0 Å². The van der Waals surface area contributed by atoms with Crippen molar-refractivity contribution in [2.45, 2.75) is 322 Å². The first-order valence-electron chi connectivity index (χ1n) is 32.2. The molecule has 440 valence electrons. The minimum absolute atomic E-state index is 0.181. The lowest BCUT2D eigenvalue weighted by molar-refractivity contribution is -0.870. The number of aliphatic carboxylic acids is 1. The van der Waals surface area contributed by atoms with Crippen molar-refractivity contribution in [2.24, 2.45) is 0 Å². The summed E-state index contributed by atoms with van der Waals surface area (Å²) in [6.45, 7) is 4.91. The van der Waals surface area contributed by atoms with Crippen LogP contribution < -0.4 is 0 Å². The number of ether oxygens (including phenoxy) is 4. The van der Waals surface area contributed by atoms with Crippen molar-refractivity contribution in [1.29, 1.82) is 0 Å². The minimum atomic E-state index is -1.51. The molecule has 9 heteroatoms. The molecule has 2 atom stereocenters. The van der Waals surface area contributed by atoms with Crippen LogP contribution in [0.5, 0.6) is 0 Å². The van der Waals surface area contributed by atoms with Crippen LogP contribution in [-0.4, -0.2) is 87.4 Å². The molecule has 0 saturated heterocycles. The van der Waals surface area contributed by atoms with Gasteiger partial charge in [0.2, 0.25) is 0 Å². The van der Waals surface area contributed by atoms with E-state index in [1.807, 2.05) is 21.1 Å². The Balaban J connectivity index is 4.15. The number of carboxylic acids is 1. The van der Waals surface area contributed by atoms with Gasteiger partial charge >= 0.3 is 17.9 Å². The molecule has 0 aromatic rings. The number of hydrogen-bond donors (Lipinski definition) is 1. The second kappa shape index (κ2) is 57.7. The van der Waals surface area contributed by atoms with Crippen molar-refractivity contribution < 1.29 is 42.9 Å². The van der Waals surface area contributed by atoms with Crippen molar-refractivity contribution in [3.63, 3.8) is 0 Å². The summed E-state index contributed by atoms with van der Waals surface area (Å²) >= 11 is 0. The van der Waals surface area contributed by atoms with E-state index in [2.05, 4.69) is 50.3 Å². The molecule has 75 heavy (non-hydrogen) atoms. The summed E-state index contributed by atoms with van der Waals surface area (Å²) < 4.78 is 22.9. The van der Waals surface area contributed by atoms with Crippen molar-refractivity contribution in [3.05, 3.63) is 36.5 Å². The number of carbonyl (C=O) groups is 3. The van der Waals surface area contributed by atoms with Gasteiger partial charge in [-0.3, -0.25) is 9.59 Å². The van der Waals surface area contributed by atoms with Gasteiger partial charge in [0.1, 0.15) is 13.2 Å². The molecule has 0 spiro atoms. The molecular formula is C66H124NO8+. The third-order valence-corrected chi connectivity index (χ3v) is 14.4. The Morgan fingerprint density at radius 2 is 0.720 bits per heavy atom. The van der Waals surface area contributed by atoms with Crippen LogP contribution in [0.2, 0.25) is 0 Å². The van der Waals surface area contributed by atoms with Crippen LogP contribution in [0.4, 0.5) is 0 Å². The van der Waals surface area contributed by atoms with Crippen LogP contribution >= 0.6 is 0 Å². The Bertz CT molecular complexity index is 1320. The maximum Gasteiger partial charge on any atom is 0.361 e. The molecule has 0 amide bonds. The van der Waals surface area contributed by atoms with Crippen LogP contribution in [0.3, 0.4) is 0 Å². The first-order chi connectivity index (χ1) is 36.6. The van der Waals surface area contributed by atoms with Gasteiger partial charge in [-0.15, -0.1) is 0 Å². The number of esters is 2. The molecule has 1 N–H and O–H groups in total. The van der Waals surface area contributed by atoms with Gasteiger partial charge in [-0.05, 0) is 51.4 Å². The van der Waals surface area contributed by atoms with Gasteiger partial charge < -0.3 is 28.5 Å². The van der Waals surface area contributed by atoms with Crippen LogP contribution in [0.1, 0.15) is 309 Å². The van der Waals surface area contributed by atoms with E-state index in [0.717, 1.165) is 57.8 Å². The molecule has 0 rings (SSSR count). The molecule has 0 bridgehead atoms. The highest BCUT2D eigenvalue weighted by Crippen LogP contribution is 2.18. The average Bonchev–Trinajstić information content (AvgIpc) is 3.38. The SMILES string of the molecule is CCCCCCC/C=C\C/C=C\C/C=C\CCCCCCCCCCC(=O)OC(COC(=O)CCCCCCCCCCCCCCCCCCCCCCCCCCCCC)COC(OCC[N+](C)(C)C)C(=O)O. The minimum Gasteiger partial charge on any atom is -0.477 e. The molecular weight excluding hydrogens is 935 g/mol. The molecule has 0 aliphatic rings. The average molecular weight is 1060 g/mol. The zero-order valence-electron chi connectivity index (χ0n) is 50.2. The number of carboxylic acid groups (broad SMARTS) is 1. The number of hydrogen-bond acceptors (Lipinski definition) is 7. The molecule has 9 nitrogen and oxygen atoms in total. The molecule has 0 heterocycles. The lowest BCUT2D eigenvalue weighted by Gasteiger charge is -2.25. The number of carbonyl (C=O) groups excluding carboxylic acids is 2. The smallest absolute Gasteiger partial charge is 0.361 e. The second-order valence-corrected chi connectivity index (χ2v) is 23.1. The predicted octanol–water partition coefficient (Wildman–Crippen LogP) is 19.2. The largest absolute Gasteiger partial charge is 0.477 e. The Morgan fingerprint density at radius 3 is 1.07 bits per heavy atom. The summed E-state index contributed by atoms with van der Waals surface area (Å²) in [5.41, 5.74) is 0. The zero-order chi connectivity index (χ0) is 54.8. The van der Waals surface area contributed by atoms with E-state index >= 15 is 0 Å². The Morgan fingerprint density at radius 1 is 0.400 bits per heavy atom. The fourth-order valence-electron chi connectivity index (χ4n) is 9.44. The second-order valence-electron chi connectivity index (χ2n) is 23.1. The zero-order valence-corrected chi connectivity index (χ0v) is 50.2. The quantitative estimate of drug-likeness (QED) is 0.0211. The molecule has 0 radical (unpaired) electrons. The lowest BCUT2D eigenvalue weighted by atomic mass is 10.0. The maximum atomic E-state index is 12.9. The summed E-state index contributed by atoms with van der Waals surface area (Å²) in [5, 5.41) is 9.72. The van der Waals surface area contributed by atoms with Gasteiger partial charge in [-0.25, -0.2) is 4.79 Å². The highest BCUT2D eigenvalue weighted by atomic mass is 16.7. The molecule has 0 aliphatic heterocycles. The van der Waals surface area contributed by atoms with Gasteiger partial charge in [0.25, 0.3) is 6.29 Å². The number of quaternary nitrogens is 1. The topological polar surface area (TPSA) is 108 Å². The first-order valence-corrected chi connectivity index (χ1v) is 32.2. The fraction of sp³-hybridized carbons (Fsp3) is 0.864. The standard InChI is InChI=1S/C66H123NO8/c1-6-8-10-12-14-16-18-20-22-24-26-28-30-31-32-33-35-36-38-40-42-44-46-48-50-52-54-56-63(68)73-60-62(61-74-66(65(70)71)72-59-58-67(3,4)5)75-64(69)57-55-53-51-49-47-45-43-41-39-37-34-29-27-25-23-21-19-17-15-13-11-9-7-2/h19,21,25,27,34,37,62,66H,6-18,20,22-24,26,28-33,35-36,38-61H2,1-5H3/p+1/b21-19-,27-25-,37-34-. The van der Waals surface area contributed by atoms with Crippen molar-refractivity contribution in [1.82, 2.24) is 0 Å². The third-order valence-electron chi connectivity index (χ3n) is 14.4. The summed E-state index contributed by atoms with van der Waals surface area (Å²) in [6, 6.07) is 0. The maximum absolute atomic E-state index is 12.9. The monoisotopic (exact) mass is 1060 g/mol. The highest BCUT2D eigenvalue weighted by Gasteiger charge is 2.25. The van der Waals surface area contributed by atoms with Crippen LogP contribution in [0.25, 0.3) is 0 Å². The number of unbranched alkanes of at least 4 members (excludes halogenated alkanes) is 39. The Hall–Kier alpha value is -2.49. The summed E-state index contributed by atoms with van der Waals surface area (Å²) in [6.07, 6.45) is 68.1. The molecule has 2 unspecified atom stereocenters. The first kappa shape index (κ1) is 72.5. The van der Waals surface area contributed by atoms with E-state index < -0.39 is 24.3 Å². The van der Waals surface area contributed by atoms with Crippen molar-refractivity contribution in [2.75, 3.05) is 47.5 Å². The van der Waals surface area contributed by atoms with Gasteiger partial charge in [0.15, 0.2) is 6.10 Å². The van der Waals surface area contributed by atoms with Crippen molar-refractivity contribution >= 4 is 17.9 Å². The molecule has 0 aliphatic carbocycles. The summed E-state index contributed by atoms with van der Waals surface area (Å²) in [4.78, 5) is 37.5. The van der Waals surface area contributed by atoms with E-state index in [-0.39, 0.29) is 32.2 Å². The molecule has 0 aromatic heterocycles. The molecule has 0 fully saturated rings. The van der Waals surface area contributed by atoms with E-state index in [1.165, 1.54) is 218 Å². The van der Waals surface area contributed by atoms with Crippen LogP contribution in [0, 0.1) is 0 Å². The van der Waals surface area contributed by atoms with E-state index in [0.29, 0.717) is 23.9 Å². The Labute approximate surface area is 464 Å². The van der Waals surface area contributed by atoms with E-state index in [9.17, 15) is 19.5 Å². The van der Waals surface area contributed by atoms with Gasteiger partial charge in [-0.1, -0.05) is 281 Å². The number of nitrogens with zero attached hydrogens (tertiary/aromatic N) is 1. The third kappa shape index (κ3) is 59.0. The van der Waals surface area contributed by atoms with E-state index in [4.69, 9.17) is 18.9 Å². The number of allylic oxidation sites excluding steroid dienone is 6. The van der Waals surface area contributed by atoms with Gasteiger partial charge in [0, 0.05) is 12.8 Å². The normalized spacial score (nSPS) is 12.9. The Kier molecular flexibility index (Phi) is 55.8. The highest BCUT2D eigenvalue weighted by molar-refractivity contribution is 5.71. The van der Waals surface area contributed by atoms with Crippen molar-refractivity contribution in [3.8, 4) is 0 Å². The van der Waals surface area contributed by atoms with Crippen LogP contribution in [0.15, 0.2) is 36.5 Å². The number of rotatable bonds is 60. The fourth-order valence-corrected chi connectivity index (χ4v) is 9.44. The van der Waals surface area contributed by atoms with Gasteiger partial charge in [0.05, 0.1) is 34.4 Å².